The summed E-state index contributed by atoms with van der Waals surface area (Å²) < 4.78 is 19.8. The number of ketones is 1. The van der Waals surface area contributed by atoms with Crippen molar-refractivity contribution in [2.24, 2.45) is 0 Å². The second-order valence-electron chi connectivity index (χ2n) is 6.86. The van der Waals surface area contributed by atoms with E-state index >= 15 is 0 Å². The molecule has 2 fully saturated rings. The van der Waals surface area contributed by atoms with E-state index in [1.54, 1.807) is 17.0 Å². The highest BCUT2D eigenvalue weighted by Gasteiger charge is 2.23. The van der Waals surface area contributed by atoms with E-state index in [2.05, 4.69) is 5.32 Å². The number of carbonyl (C=O) groups is 2. The third-order valence-electron chi connectivity index (χ3n) is 5.00. The Morgan fingerprint density at radius 3 is 2.50 bits per heavy atom. The minimum Gasteiger partial charge on any atom is -0.377 e. The average Bonchev–Trinajstić information content (AvgIpc) is 3.15. The first-order valence-corrected chi connectivity index (χ1v) is 9.20. The molecule has 0 saturated carbocycles. The fourth-order valence-corrected chi connectivity index (χ4v) is 3.44. The van der Waals surface area contributed by atoms with Gasteiger partial charge in [-0.2, -0.15) is 0 Å². The highest BCUT2D eigenvalue weighted by molar-refractivity contribution is 5.94. The number of anilines is 1. The second-order valence-corrected chi connectivity index (χ2v) is 6.86. The monoisotopic (exact) mass is 435 g/mol. The molecule has 1 amide bonds. The van der Waals surface area contributed by atoms with Crippen LogP contribution in [0.15, 0.2) is 18.2 Å². The van der Waals surface area contributed by atoms with Gasteiger partial charge in [-0.1, -0.05) is 0 Å². The van der Waals surface area contributed by atoms with Crippen molar-refractivity contribution < 1.29 is 18.7 Å². The van der Waals surface area contributed by atoms with Crippen LogP contribution in [0, 0.1) is 5.82 Å². The Labute approximate surface area is 177 Å². The van der Waals surface area contributed by atoms with Crippen molar-refractivity contribution in [1.82, 2.24) is 10.2 Å². The molecule has 2 aliphatic rings. The molecule has 9 heteroatoms. The average molecular weight is 436 g/mol. The van der Waals surface area contributed by atoms with Crippen LogP contribution in [0.5, 0.6) is 0 Å². The number of hydrogen-bond acceptors (Lipinski definition) is 5. The number of piperazine rings is 1. The molecule has 1 unspecified atom stereocenters. The number of halogens is 3. The lowest BCUT2D eigenvalue weighted by Gasteiger charge is -2.36. The molecule has 28 heavy (non-hydrogen) atoms. The van der Waals surface area contributed by atoms with Crippen LogP contribution >= 0.6 is 24.8 Å². The molecule has 2 aliphatic heterocycles. The zero-order chi connectivity index (χ0) is 18.5. The first kappa shape index (κ1) is 24.6. The Bertz CT molecular complexity index is 664. The van der Waals surface area contributed by atoms with Crippen LogP contribution in [0.2, 0.25) is 0 Å². The van der Waals surface area contributed by atoms with Crippen molar-refractivity contribution in [2.45, 2.75) is 25.9 Å². The van der Waals surface area contributed by atoms with Crippen molar-refractivity contribution in [1.29, 1.82) is 0 Å². The van der Waals surface area contributed by atoms with E-state index in [1.807, 2.05) is 4.90 Å². The molecule has 1 atom stereocenters. The lowest BCUT2D eigenvalue weighted by Crippen LogP contribution is -2.51. The van der Waals surface area contributed by atoms with Gasteiger partial charge in [0, 0.05) is 44.9 Å². The van der Waals surface area contributed by atoms with Gasteiger partial charge in [0.15, 0.2) is 5.78 Å². The zero-order valence-electron chi connectivity index (χ0n) is 16.0. The number of Topliss-reactive ketones (excluding diaryl/α,β-unsaturated/α-hetero) is 1. The standard InChI is InChI=1S/C19H26FN3O3.2ClH/c1-14(24)15-4-5-18(17(20)11-15)22-6-8-23(9-7-22)19(25)13-21-12-16-3-2-10-26-16;;/h4-5,11,16,21H,2-3,6-10,12-13H2,1H3;2*1H. The number of nitrogens with zero attached hydrogens (tertiary/aromatic N) is 2. The number of amides is 1. The maximum absolute atomic E-state index is 14.3. The largest absolute Gasteiger partial charge is 0.377 e. The predicted molar refractivity (Wildman–Crippen MR) is 112 cm³/mol. The van der Waals surface area contributed by atoms with E-state index in [4.69, 9.17) is 4.74 Å². The molecular formula is C19H28Cl2FN3O3. The number of ether oxygens (including phenoxy) is 1. The summed E-state index contributed by atoms with van der Waals surface area (Å²) in [6, 6.07) is 4.57. The van der Waals surface area contributed by atoms with Crippen molar-refractivity contribution in [3.05, 3.63) is 29.6 Å². The van der Waals surface area contributed by atoms with Crippen LogP contribution < -0.4 is 10.2 Å². The van der Waals surface area contributed by atoms with Gasteiger partial charge in [0.1, 0.15) is 5.82 Å². The molecular weight excluding hydrogens is 408 g/mol. The molecule has 0 aromatic heterocycles. The summed E-state index contributed by atoms with van der Waals surface area (Å²) >= 11 is 0. The maximum atomic E-state index is 14.3. The second kappa shape index (κ2) is 11.6. The summed E-state index contributed by atoms with van der Waals surface area (Å²) in [7, 11) is 0. The van der Waals surface area contributed by atoms with Crippen LogP contribution in [0.3, 0.4) is 0 Å². The Morgan fingerprint density at radius 1 is 1.21 bits per heavy atom. The number of nitrogens with one attached hydrogen (secondary N) is 1. The number of rotatable bonds is 6. The summed E-state index contributed by atoms with van der Waals surface area (Å²) in [5.74, 6) is -0.480. The van der Waals surface area contributed by atoms with Crippen LogP contribution in [0.1, 0.15) is 30.1 Å². The molecule has 3 rings (SSSR count). The smallest absolute Gasteiger partial charge is 0.236 e. The van der Waals surface area contributed by atoms with Gasteiger partial charge < -0.3 is 19.9 Å². The van der Waals surface area contributed by atoms with E-state index in [9.17, 15) is 14.0 Å². The van der Waals surface area contributed by atoms with Gasteiger partial charge >= 0.3 is 0 Å². The lowest BCUT2D eigenvalue weighted by molar-refractivity contribution is -0.130. The lowest BCUT2D eigenvalue weighted by atomic mass is 10.1. The van der Waals surface area contributed by atoms with Crippen LogP contribution in [0.25, 0.3) is 0 Å². The number of benzene rings is 1. The first-order chi connectivity index (χ1) is 12.5. The van der Waals surface area contributed by atoms with Crippen molar-refractivity contribution >= 4 is 42.2 Å². The zero-order valence-corrected chi connectivity index (χ0v) is 17.6. The van der Waals surface area contributed by atoms with Gasteiger partial charge in [0.05, 0.1) is 18.3 Å². The summed E-state index contributed by atoms with van der Waals surface area (Å²) in [5, 5.41) is 3.17. The van der Waals surface area contributed by atoms with E-state index < -0.39 is 5.82 Å². The van der Waals surface area contributed by atoms with Crippen LogP contribution in [0.4, 0.5) is 10.1 Å². The van der Waals surface area contributed by atoms with E-state index in [0.29, 0.717) is 50.5 Å². The highest BCUT2D eigenvalue weighted by atomic mass is 35.5. The fraction of sp³-hybridized carbons (Fsp3) is 0.579. The van der Waals surface area contributed by atoms with Crippen molar-refractivity contribution in [2.75, 3.05) is 50.8 Å². The minimum absolute atomic E-state index is 0. The van der Waals surface area contributed by atoms with Gasteiger partial charge in [-0.05, 0) is 38.0 Å². The Morgan fingerprint density at radius 2 is 1.93 bits per heavy atom. The fourth-order valence-electron chi connectivity index (χ4n) is 3.44. The molecule has 2 saturated heterocycles. The summed E-state index contributed by atoms with van der Waals surface area (Å²) in [4.78, 5) is 27.4. The van der Waals surface area contributed by atoms with Crippen molar-refractivity contribution in [3.63, 3.8) is 0 Å². The third kappa shape index (κ3) is 6.30. The molecule has 0 spiro atoms. The summed E-state index contributed by atoms with van der Waals surface area (Å²) in [5.41, 5.74) is 0.857. The van der Waals surface area contributed by atoms with Gasteiger partial charge in [-0.15, -0.1) is 24.8 Å². The normalized spacial score (nSPS) is 19.0. The first-order valence-electron chi connectivity index (χ1n) is 9.20. The minimum atomic E-state index is -0.393. The van der Waals surface area contributed by atoms with E-state index in [1.165, 1.54) is 13.0 Å². The van der Waals surface area contributed by atoms with Gasteiger partial charge in [-0.25, -0.2) is 4.39 Å². The third-order valence-corrected chi connectivity index (χ3v) is 5.00. The molecule has 6 nitrogen and oxygen atoms in total. The number of carbonyl (C=O) groups excluding carboxylic acids is 2. The highest BCUT2D eigenvalue weighted by Crippen LogP contribution is 2.22. The predicted octanol–water partition coefficient (Wildman–Crippen LogP) is 2.29. The summed E-state index contributed by atoms with van der Waals surface area (Å²) in [6.45, 7) is 5.53. The molecule has 1 aromatic carbocycles. The summed E-state index contributed by atoms with van der Waals surface area (Å²) in [6.07, 6.45) is 2.36. The molecule has 1 N–H and O–H groups in total. The Balaban J connectivity index is 0.00000196. The van der Waals surface area contributed by atoms with Crippen LogP contribution in [-0.2, 0) is 9.53 Å². The van der Waals surface area contributed by atoms with E-state index in [0.717, 1.165) is 19.4 Å². The quantitative estimate of drug-likeness (QED) is 0.694. The van der Waals surface area contributed by atoms with Gasteiger partial charge in [0.25, 0.3) is 0 Å². The maximum Gasteiger partial charge on any atom is 0.236 e. The molecule has 158 valence electrons. The molecule has 2 heterocycles. The van der Waals surface area contributed by atoms with E-state index in [-0.39, 0.29) is 42.6 Å². The van der Waals surface area contributed by atoms with Gasteiger partial charge in [0.2, 0.25) is 5.91 Å². The Hall–Kier alpha value is -1.41. The number of hydrogen-bond donors (Lipinski definition) is 1. The van der Waals surface area contributed by atoms with Crippen molar-refractivity contribution in [3.8, 4) is 0 Å². The SMILES string of the molecule is CC(=O)c1ccc(N2CCN(C(=O)CNCC3CCCO3)CC2)c(F)c1.Cl.Cl. The van der Waals surface area contributed by atoms with Crippen LogP contribution in [-0.4, -0.2) is 68.6 Å². The molecule has 0 bridgehead atoms. The molecule has 0 radical (unpaired) electrons. The topological polar surface area (TPSA) is 61.9 Å². The Kier molecular flexibility index (Phi) is 10.2. The molecule has 1 aromatic rings. The molecule has 0 aliphatic carbocycles. The van der Waals surface area contributed by atoms with Gasteiger partial charge in [-0.3, -0.25) is 9.59 Å².